The molecule has 0 unspecified atom stereocenters. The number of hydrogen-bond acceptors (Lipinski definition) is 4. The SMILES string of the molecule is CN(C(=O)Oc1ccc(COn2ccnc2)cc1)c1ccccc1. The number of aromatic nitrogens is 2. The van der Waals surface area contributed by atoms with Gasteiger partial charge in [0, 0.05) is 18.9 Å². The van der Waals surface area contributed by atoms with Gasteiger partial charge < -0.3 is 9.57 Å². The van der Waals surface area contributed by atoms with Crippen LogP contribution in [0.2, 0.25) is 0 Å². The Morgan fingerprint density at radius 1 is 1.12 bits per heavy atom. The van der Waals surface area contributed by atoms with Crippen molar-refractivity contribution in [3.63, 3.8) is 0 Å². The lowest BCUT2D eigenvalue weighted by Gasteiger charge is -2.16. The van der Waals surface area contributed by atoms with Crippen LogP contribution in [0, 0.1) is 0 Å². The van der Waals surface area contributed by atoms with Crippen LogP contribution >= 0.6 is 0 Å². The summed E-state index contributed by atoms with van der Waals surface area (Å²) in [4.78, 5) is 23.0. The van der Waals surface area contributed by atoms with Crippen molar-refractivity contribution in [2.45, 2.75) is 6.61 Å². The van der Waals surface area contributed by atoms with Gasteiger partial charge in [0.15, 0.2) is 0 Å². The molecule has 122 valence electrons. The van der Waals surface area contributed by atoms with E-state index in [4.69, 9.17) is 9.57 Å². The molecule has 0 saturated heterocycles. The smallest absolute Gasteiger partial charge is 0.410 e. The van der Waals surface area contributed by atoms with Crippen molar-refractivity contribution in [2.24, 2.45) is 0 Å². The number of ether oxygens (including phenoxy) is 1. The van der Waals surface area contributed by atoms with Crippen LogP contribution in [0.25, 0.3) is 0 Å². The van der Waals surface area contributed by atoms with E-state index in [2.05, 4.69) is 4.98 Å². The molecular formula is C18H17N3O3. The van der Waals surface area contributed by atoms with E-state index in [1.165, 1.54) is 9.63 Å². The minimum absolute atomic E-state index is 0.397. The van der Waals surface area contributed by atoms with Crippen molar-refractivity contribution in [1.82, 2.24) is 9.71 Å². The van der Waals surface area contributed by atoms with Crippen molar-refractivity contribution in [1.29, 1.82) is 0 Å². The average molecular weight is 323 g/mol. The number of imidazole rings is 1. The quantitative estimate of drug-likeness (QED) is 0.724. The van der Waals surface area contributed by atoms with Crippen molar-refractivity contribution in [3.05, 3.63) is 78.9 Å². The summed E-state index contributed by atoms with van der Waals surface area (Å²) in [5, 5.41) is 0. The molecule has 2 aromatic carbocycles. The van der Waals surface area contributed by atoms with Crippen LogP contribution in [0.3, 0.4) is 0 Å². The minimum Gasteiger partial charge on any atom is -0.410 e. The summed E-state index contributed by atoms with van der Waals surface area (Å²) >= 11 is 0. The Balaban J connectivity index is 1.56. The molecule has 0 aliphatic carbocycles. The molecule has 0 spiro atoms. The number of benzene rings is 2. The third-order valence-electron chi connectivity index (χ3n) is 3.41. The van der Waals surface area contributed by atoms with E-state index in [-0.39, 0.29) is 0 Å². The molecule has 0 saturated carbocycles. The maximum absolute atomic E-state index is 12.1. The highest BCUT2D eigenvalue weighted by molar-refractivity contribution is 5.88. The fourth-order valence-electron chi connectivity index (χ4n) is 2.05. The molecule has 24 heavy (non-hydrogen) atoms. The van der Waals surface area contributed by atoms with Crippen LogP contribution in [0.4, 0.5) is 10.5 Å². The fraction of sp³-hybridized carbons (Fsp3) is 0.111. The Morgan fingerprint density at radius 3 is 2.54 bits per heavy atom. The summed E-state index contributed by atoms with van der Waals surface area (Å²) < 4.78 is 6.90. The van der Waals surface area contributed by atoms with Gasteiger partial charge in [0.2, 0.25) is 0 Å². The summed E-state index contributed by atoms with van der Waals surface area (Å²) in [6.45, 7) is 0.397. The van der Waals surface area contributed by atoms with Gasteiger partial charge in [-0.25, -0.2) is 9.78 Å². The second-order valence-electron chi connectivity index (χ2n) is 5.10. The number of amides is 1. The zero-order valence-corrected chi connectivity index (χ0v) is 13.2. The standard InChI is InChI=1S/C18H17N3O3/c1-20(16-5-3-2-4-6-16)18(22)24-17-9-7-15(8-10-17)13-23-21-12-11-19-14-21/h2-12,14H,13H2,1H3. The van der Waals surface area contributed by atoms with Crippen LogP contribution < -0.4 is 14.5 Å². The van der Waals surface area contributed by atoms with Gasteiger partial charge in [0.25, 0.3) is 0 Å². The highest BCUT2D eigenvalue weighted by Crippen LogP contribution is 2.16. The molecular weight excluding hydrogens is 306 g/mol. The van der Waals surface area contributed by atoms with Crippen LogP contribution in [-0.2, 0) is 6.61 Å². The Morgan fingerprint density at radius 2 is 1.88 bits per heavy atom. The number of nitrogens with zero attached hydrogens (tertiary/aromatic N) is 3. The minimum atomic E-state index is -0.441. The summed E-state index contributed by atoms with van der Waals surface area (Å²) in [6, 6.07) is 16.5. The van der Waals surface area contributed by atoms with E-state index in [1.54, 1.807) is 37.9 Å². The molecule has 0 aliphatic rings. The second-order valence-corrected chi connectivity index (χ2v) is 5.10. The summed E-state index contributed by atoms with van der Waals surface area (Å²) in [5.74, 6) is 0.481. The molecule has 3 rings (SSSR count). The lowest BCUT2D eigenvalue weighted by molar-refractivity contribution is 0.0969. The number of anilines is 1. The Hall–Kier alpha value is -3.28. The molecule has 6 nitrogen and oxygen atoms in total. The predicted octanol–water partition coefficient (Wildman–Crippen LogP) is 3.15. The largest absolute Gasteiger partial charge is 0.419 e. The fourth-order valence-corrected chi connectivity index (χ4v) is 2.05. The monoisotopic (exact) mass is 323 g/mol. The molecule has 0 N–H and O–H groups in total. The maximum atomic E-state index is 12.1. The van der Waals surface area contributed by atoms with Gasteiger partial charge in [-0.15, -0.1) is 0 Å². The van der Waals surface area contributed by atoms with Crippen molar-refractivity contribution in [3.8, 4) is 5.75 Å². The second kappa shape index (κ2) is 7.32. The van der Waals surface area contributed by atoms with Gasteiger partial charge in [-0.2, -0.15) is 4.73 Å². The highest BCUT2D eigenvalue weighted by atomic mass is 16.7. The van der Waals surface area contributed by atoms with Crippen molar-refractivity contribution < 1.29 is 14.4 Å². The summed E-state index contributed by atoms with van der Waals surface area (Å²) in [5.41, 5.74) is 1.73. The molecule has 0 bridgehead atoms. The molecule has 0 aliphatic heterocycles. The summed E-state index contributed by atoms with van der Waals surface area (Å²) in [7, 11) is 1.67. The first kappa shape index (κ1) is 15.6. The lowest BCUT2D eigenvalue weighted by Crippen LogP contribution is -2.29. The van der Waals surface area contributed by atoms with E-state index in [0.29, 0.717) is 12.4 Å². The normalized spacial score (nSPS) is 10.2. The molecule has 1 amide bonds. The van der Waals surface area contributed by atoms with Crippen molar-refractivity contribution in [2.75, 3.05) is 11.9 Å². The first-order chi connectivity index (χ1) is 11.7. The van der Waals surface area contributed by atoms with Crippen LogP contribution in [-0.4, -0.2) is 22.9 Å². The van der Waals surface area contributed by atoms with Crippen LogP contribution in [0.1, 0.15) is 5.56 Å². The van der Waals surface area contributed by atoms with Gasteiger partial charge in [-0.1, -0.05) is 30.3 Å². The van der Waals surface area contributed by atoms with Gasteiger partial charge >= 0.3 is 6.09 Å². The van der Waals surface area contributed by atoms with E-state index >= 15 is 0 Å². The predicted molar refractivity (Wildman–Crippen MR) is 89.8 cm³/mol. The Kier molecular flexibility index (Phi) is 4.76. The van der Waals surface area contributed by atoms with Gasteiger partial charge in [0.1, 0.15) is 18.7 Å². The molecule has 1 heterocycles. The zero-order chi connectivity index (χ0) is 16.8. The first-order valence-corrected chi connectivity index (χ1v) is 7.43. The summed E-state index contributed by atoms with van der Waals surface area (Å²) in [6.07, 6.45) is 4.50. The number of carbonyl (C=O) groups excluding carboxylic acids is 1. The lowest BCUT2D eigenvalue weighted by atomic mass is 10.2. The third-order valence-corrected chi connectivity index (χ3v) is 3.41. The van der Waals surface area contributed by atoms with Crippen LogP contribution in [0.5, 0.6) is 5.75 Å². The molecule has 0 fully saturated rings. The zero-order valence-electron chi connectivity index (χ0n) is 13.2. The molecule has 3 aromatic rings. The highest BCUT2D eigenvalue weighted by Gasteiger charge is 2.12. The molecule has 0 radical (unpaired) electrons. The number of carbonyl (C=O) groups is 1. The van der Waals surface area contributed by atoms with Gasteiger partial charge in [-0.05, 0) is 29.8 Å². The average Bonchev–Trinajstić information content (AvgIpc) is 3.15. The van der Waals surface area contributed by atoms with Gasteiger partial charge in [-0.3, -0.25) is 4.90 Å². The number of rotatable bonds is 5. The topological polar surface area (TPSA) is 56.6 Å². The number of hydrogen-bond donors (Lipinski definition) is 0. The Bertz CT molecular complexity index is 771. The van der Waals surface area contributed by atoms with E-state index in [9.17, 15) is 4.79 Å². The molecule has 6 heteroatoms. The van der Waals surface area contributed by atoms with E-state index < -0.39 is 6.09 Å². The number of para-hydroxylation sites is 1. The van der Waals surface area contributed by atoms with E-state index in [1.807, 2.05) is 42.5 Å². The molecule has 0 atom stereocenters. The molecule has 1 aromatic heterocycles. The third kappa shape index (κ3) is 3.92. The van der Waals surface area contributed by atoms with Crippen molar-refractivity contribution >= 4 is 11.8 Å². The van der Waals surface area contributed by atoms with Gasteiger partial charge in [0.05, 0.1) is 6.20 Å². The van der Waals surface area contributed by atoms with Crippen LogP contribution in [0.15, 0.2) is 73.3 Å². The van der Waals surface area contributed by atoms with E-state index in [0.717, 1.165) is 11.3 Å². The first-order valence-electron chi connectivity index (χ1n) is 7.43. The Labute approximate surface area is 139 Å². The maximum Gasteiger partial charge on any atom is 0.419 e.